The van der Waals surface area contributed by atoms with Gasteiger partial charge >= 0.3 is 0 Å². The van der Waals surface area contributed by atoms with Gasteiger partial charge in [-0.1, -0.05) is 13.8 Å². The summed E-state index contributed by atoms with van der Waals surface area (Å²) in [4.78, 5) is 34.4. The van der Waals surface area contributed by atoms with Crippen LogP contribution in [-0.2, 0) is 14.4 Å². The van der Waals surface area contributed by atoms with Gasteiger partial charge in [-0.2, -0.15) is 0 Å². The van der Waals surface area contributed by atoms with Crippen molar-refractivity contribution >= 4 is 17.6 Å². The van der Waals surface area contributed by atoms with Crippen molar-refractivity contribution in [1.29, 1.82) is 0 Å². The van der Waals surface area contributed by atoms with Crippen molar-refractivity contribution in [2.45, 2.75) is 39.7 Å². The van der Waals surface area contributed by atoms with Gasteiger partial charge in [0, 0.05) is 19.4 Å². The third kappa shape index (κ3) is 3.13. The topological polar surface area (TPSA) is 80.5 Å². The standard InChI is InChI=1S/C8H12N2O3.C2H6/c1-5(11)6(4-9)10-7(12)2-3-8(10)13;1-2/h6H,2-4,9H2,1H3;1-2H3. The first-order valence-electron chi connectivity index (χ1n) is 5.13. The second-order valence-electron chi connectivity index (χ2n) is 3.02. The maximum Gasteiger partial charge on any atom is 0.230 e. The Bertz CT molecular complexity index is 247. The SMILES string of the molecule is CC.CC(=O)C(CN)N1C(=O)CCC1=O. The molecular formula is C10H18N2O3. The van der Waals surface area contributed by atoms with Crippen LogP contribution >= 0.6 is 0 Å². The van der Waals surface area contributed by atoms with Crippen molar-refractivity contribution in [1.82, 2.24) is 4.90 Å². The maximum atomic E-state index is 11.2. The summed E-state index contributed by atoms with van der Waals surface area (Å²) in [7, 11) is 0. The van der Waals surface area contributed by atoms with E-state index >= 15 is 0 Å². The number of nitrogens with two attached hydrogens (primary N) is 1. The highest BCUT2D eigenvalue weighted by atomic mass is 16.2. The van der Waals surface area contributed by atoms with Crippen LogP contribution in [0.2, 0.25) is 0 Å². The highest BCUT2D eigenvalue weighted by molar-refractivity contribution is 6.05. The number of carbonyl (C=O) groups is 3. The maximum absolute atomic E-state index is 11.2. The summed E-state index contributed by atoms with van der Waals surface area (Å²) in [6.45, 7) is 5.34. The summed E-state index contributed by atoms with van der Waals surface area (Å²) >= 11 is 0. The molecule has 5 heteroatoms. The van der Waals surface area contributed by atoms with E-state index in [1.165, 1.54) is 6.92 Å². The number of likely N-dealkylation sites (tertiary alicyclic amines) is 1. The number of amides is 2. The first kappa shape index (κ1) is 13.8. The monoisotopic (exact) mass is 214 g/mol. The summed E-state index contributed by atoms with van der Waals surface area (Å²) in [5, 5.41) is 0. The predicted octanol–water partition coefficient (Wildman–Crippen LogP) is 0.0779. The van der Waals surface area contributed by atoms with E-state index in [-0.39, 0.29) is 37.0 Å². The second-order valence-corrected chi connectivity index (χ2v) is 3.02. The lowest BCUT2D eigenvalue weighted by Gasteiger charge is -2.21. The van der Waals surface area contributed by atoms with Gasteiger partial charge in [-0.15, -0.1) is 0 Å². The van der Waals surface area contributed by atoms with Crippen molar-refractivity contribution in [2.24, 2.45) is 5.73 Å². The molecule has 2 amide bonds. The van der Waals surface area contributed by atoms with E-state index < -0.39 is 6.04 Å². The fraction of sp³-hybridized carbons (Fsp3) is 0.700. The first-order valence-corrected chi connectivity index (χ1v) is 5.13. The molecule has 0 aliphatic carbocycles. The molecule has 0 spiro atoms. The van der Waals surface area contributed by atoms with Gasteiger partial charge in [0.15, 0.2) is 5.78 Å². The lowest BCUT2D eigenvalue weighted by Crippen LogP contribution is -2.47. The molecule has 1 atom stereocenters. The van der Waals surface area contributed by atoms with Gasteiger partial charge in [0.25, 0.3) is 0 Å². The van der Waals surface area contributed by atoms with Gasteiger partial charge in [-0.05, 0) is 6.92 Å². The van der Waals surface area contributed by atoms with Gasteiger partial charge < -0.3 is 5.73 Å². The Kier molecular flexibility index (Phi) is 5.77. The molecule has 0 aromatic carbocycles. The minimum Gasteiger partial charge on any atom is -0.328 e. The molecule has 5 nitrogen and oxygen atoms in total. The number of nitrogens with zero attached hydrogens (tertiary/aromatic N) is 1. The van der Waals surface area contributed by atoms with Crippen molar-refractivity contribution in [3.8, 4) is 0 Å². The summed E-state index contributed by atoms with van der Waals surface area (Å²) < 4.78 is 0. The summed E-state index contributed by atoms with van der Waals surface area (Å²) in [5.41, 5.74) is 5.31. The molecule has 15 heavy (non-hydrogen) atoms. The van der Waals surface area contributed by atoms with Crippen LogP contribution in [0.3, 0.4) is 0 Å². The fourth-order valence-electron chi connectivity index (χ4n) is 1.39. The number of ketones is 1. The predicted molar refractivity (Wildman–Crippen MR) is 56.0 cm³/mol. The molecule has 0 bridgehead atoms. The van der Waals surface area contributed by atoms with Crippen LogP contribution < -0.4 is 5.73 Å². The van der Waals surface area contributed by atoms with Crippen LogP contribution in [0, 0.1) is 0 Å². The number of hydrogen-bond donors (Lipinski definition) is 1. The van der Waals surface area contributed by atoms with E-state index in [0.29, 0.717) is 0 Å². The smallest absolute Gasteiger partial charge is 0.230 e. The first-order chi connectivity index (χ1) is 7.07. The molecule has 0 aromatic rings. The Labute approximate surface area is 89.6 Å². The fourth-order valence-corrected chi connectivity index (χ4v) is 1.39. The third-order valence-corrected chi connectivity index (χ3v) is 2.09. The Morgan fingerprint density at radius 3 is 2.00 bits per heavy atom. The van der Waals surface area contributed by atoms with E-state index in [2.05, 4.69) is 0 Å². The molecule has 86 valence electrons. The van der Waals surface area contributed by atoms with Crippen LogP contribution in [0.5, 0.6) is 0 Å². The molecule has 2 N–H and O–H groups in total. The molecule has 1 heterocycles. The molecule has 0 saturated carbocycles. The minimum atomic E-state index is -0.762. The van der Waals surface area contributed by atoms with E-state index in [4.69, 9.17) is 5.73 Å². The quantitative estimate of drug-likeness (QED) is 0.674. The van der Waals surface area contributed by atoms with Crippen LogP contribution in [0.4, 0.5) is 0 Å². The number of Topliss-reactive ketones (excluding diaryl/α,β-unsaturated/α-hetero) is 1. The molecule has 0 aromatic heterocycles. The average molecular weight is 214 g/mol. The Morgan fingerprint density at radius 1 is 1.33 bits per heavy atom. The van der Waals surface area contributed by atoms with Crippen LogP contribution in [0.1, 0.15) is 33.6 Å². The van der Waals surface area contributed by atoms with E-state index in [1.807, 2.05) is 13.8 Å². The van der Waals surface area contributed by atoms with Crippen LogP contribution in [0.25, 0.3) is 0 Å². The van der Waals surface area contributed by atoms with Crippen molar-refractivity contribution in [2.75, 3.05) is 6.54 Å². The molecule has 1 aliphatic rings. The van der Waals surface area contributed by atoms with Gasteiger partial charge in [0.1, 0.15) is 6.04 Å². The Morgan fingerprint density at radius 2 is 1.73 bits per heavy atom. The highest BCUT2D eigenvalue weighted by Gasteiger charge is 2.36. The molecule has 1 saturated heterocycles. The van der Waals surface area contributed by atoms with Gasteiger partial charge in [0.05, 0.1) is 0 Å². The zero-order valence-corrected chi connectivity index (χ0v) is 9.45. The zero-order chi connectivity index (χ0) is 12.0. The van der Waals surface area contributed by atoms with Crippen molar-refractivity contribution < 1.29 is 14.4 Å². The number of rotatable bonds is 3. The lowest BCUT2D eigenvalue weighted by molar-refractivity contribution is -0.145. The molecule has 0 radical (unpaired) electrons. The molecular weight excluding hydrogens is 196 g/mol. The molecule has 1 fully saturated rings. The molecule has 1 unspecified atom stereocenters. The third-order valence-electron chi connectivity index (χ3n) is 2.09. The van der Waals surface area contributed by atoms with Gasteiger partial charge in [0.2, 0.25) is 11.8 Å². The van der Waals surface area contributed by atoms with E-state index in [9.17, 15) is 14.4 Å². The summed E-state index contributed by atoms with van der Waals surface area (Å²) in [6.07, 6.45) is 0.394. The van der Waals surface area contributed by atoms with E-state index in [1.54, 1.807) is 0 Å². The second kappa shape index (κ2) is 6.29. The van der Waals surface area contributed by atoms with Crippen LogP contribution in [-0.4, -0.2) is 35.1 Å². The Hall–Kier alpha value is -1.23. The summed E-state index contributed by atoms with van der Waals surface area (Å²) in [5.74, 6) is -0.836. The normalized spacial score (nSPS) is 17.2. The van der Waals surface area contributed by atoms with Gasteiger partial charge in [-0.3, -0.25) is 19.3 Å². The highest BCUT2D eigenvalue weighted by Crippen LogP contribution is 2.15. The number of hydrogen-bond acceptors (Lipinski definition) is 4. The number of imide groups is 1. The van der Waals surface area contributed by atoms with Crippen LogP contribution in [0.15, 0.2) is 0 Å². The van der Waals surface area contributed by atoms with Crippen molar-refractivity contribution in [3.63, 3.8) is 0 Å². The molecule has 1 aliphatic heterocycles. The average Bonchev–Trinajstić information content (AvgIpc) is 2.53. The minimum absolute atomic E-state index is 0.00676. The Balaban J connectivity index is 0.000000921. The van der Waals surface area contributed by atoms with Crippen molar-refractivity contribution in [3.05, 3.63) is 0 Å². The summed E-state index contributed by atoms with van der Waals surface area (Å²) in [6, 6.07) is -0.762. The number of carbonyl (C=O) groups excluding carboxylic acids is 3. The zero-order valence-electron chi connectivity index (χ0n) is 9.45. The largest absolute Gasteiger partial charge is 0.328 e. The van der Waals surface area contributed by atoms with Gasteiger partial charge in [-0.25, -0.2) is 0 Å². The van der Waals surface area contributed by atoms with E-state index in [0.717, 1.165) is 4.90 Å². The lowest BCUT2D eigenvalue weighted by atomic mass is 10.2. The molecule has 1 rings (SSSR count).